The van der Waals surface area contributed by atoms with Crippen molar-refractivity contribution < 1.29 is 18.0 Å². The summed E-state index contributed by atoms with van der Waals surface area (Å²) in [6.07, 6.45) is -0.777. The molecule has 0 radical (unpaired) electrons. The maximum absolute atomic E-state index is 13.0. The van der Waals surface area contributed by atoms with E-state index in [-0.39, 0.29) is 18.5 Å². The molecule has 5 aromatic rings. The summed E-state index contributed by atoms with van der Waals surface area (Å²) >= 11 is 0. The van der Waals surface area contributed by atoms with Gasteiger partial charge in [-0.25, -0.2) is 15.0 Å². The number of aromatic nitrogens is 4. The molecule has 2 N–H and O–H groups in total. The Morgan fingerprint density at radius 3 is 2.31 bits per heavy atom. The highest BCUT2D eigenvalue weighted by molar-refractivity contribution is 5.95. The first kappa shape index (κ1) is 24.6. The summed E-state index contributed by atoms with van der Waals surface area (Å²) in [6, 6.07) is 21.9. The van der Waals surface area contributed by atoms with E-state index in [9.17, 15) is 18.0 Å². The number of carbonyl (C=O) groups excluding carboxylic acids is 1. The zero-order chi connectivity index (χ0) is 27.0. The zero-order valence-corrected chi connectivity index (χ0v) is 20.6. The molecule has 2 heterocycles. The number of halogens is 3. The van der Waals surface area contributed by atoms with Crippen LogP contribution >= 0.6 is 0 Å². The van der Waals surface area contributed by atoms with Crippen LogP contribution in [0.4, 0.5) is 24.7 Å². The van der Waals surface area contributed by atoms with Gasteiger partial charge in [-0.2, -0.15) is 13.2 Å². The summed E-state index contributed by atoms with van der Waals surface area (Å²) in [5.41, 5.74) is 3.10. The average Bonchev–Trinajstić information content (AvgIpc) is 3.67. The smallest absolute Gasteiger partial charge is 0.349 e. The number of rotatable bonds is 7. The van der Waals surface area contributed by atoms with E-state index in [0.717, 1.165) is 30.7 Å². The van der Waals surface area contributed by atoms with E-state index in [4.69, 9.17) is 9.97 Å². The lowest BCUT2D eigenvalue weighted by Gasteiger charge is -2.11. The van der Waals surface area contributed by atoms with Crippen LogP contribution in [-0.4, -0.2) is 31.5 Å². The van der Waals surface area contributed by atoms with Crippen molar-refractivity contribution in [1.29, 1.82) is 0 Å². The van der Waals surface area contributed by atoms with E-state index in [1.54, 1.807) is 35.2 Å². The van der Waals surface area contributed by atoms with Crippen LogP contribution in [0.2, 0.25) is 0 Å². The minimum Gasteiger partial charge on any atom is -0.349 e. The lowest BCUT2D eigenvalue weighted by Crippen LogP contribution is -2.25. The van der Waals surface area contributed by atoms with Gasteiger partial charge in [-0.1, -0.05) is 42.5 Å². The highest BCUT2D eigenvalue weighted by Crippen LogP contribution is 2.30. The summed E-state index contributed by atoms with van der Waals surface area (Å²) < 4.78 is 40.8. The van der Waals surface area contributed by atoms with Crippen molar-refractivity contribution >= 4 is 28.6 Å². The van der Waals surface area contributed by atoms with Crippen molar-refractivity contribution in [2.45, 2.75) is 31.6 Å². The molecule has 1 aliphatic carbocycles. The number of hydrogen-bond acceptors (Lipinski definition) is 5. The molecule has 3 aromatic carbocycles. The van der Waals surface area contributed by atoms with Crippen LogP contribution in [0.5, 0.6) is 0 Å². The molecule has 7 nitrogen and oxygen atoms in total. The maximum Gasteiger partial charge on any atom is 0.416 e. The number of para-hydroxylation sites is 1. The van der Waals surface area contributed by atoms with E-state index >= 15 is 0 Å². The number of hydrogen-bond donors (Lipinski definition) is 2. The molecule has 0 unspecified atom stereocenters. The van der Waals surface area contributed by atoms with Crippen LogP contribution in [0.1, 0.15) is 34.3 Å². The first-order valence-corrected chi connectivity index (χ1v) is 12.5. The molecule has 1 fully saturated rings. The van der Waals surface area contributed by atoms with Gasteiger partial charge < -0.3 is 15.2 Å². The molecule has 0 saturated heterocycles. The first-order valence-electron chi connectivity index (χ1n) is 12.5. The highest BCUT2D eigenvalue weighted by atomic mass is 19.4. The largest absolute Gasteiger partial charge is 0.416 e. The number of carbonyl (C=O) groups is 1. The van der Waals surface area contributed by atoms with Crippen molar-refractivity contribution in [1.82, 2.24) is 24.8 Å². The van der Waals surface area contributed by atoms with Gasteiger partial charge in [-0.15, -0.1) is 0 Å². The third-order valence-corrected chi connectivity index (χ3v) is 6.45. The molecule has 39 heavy (non-hydrogen) atoms. The number of nitrogens with one attached hydrogen (secondary N) is 2. The van der Waals surface area contributed by atoms with Gasteiger partial charge in [-0.05, 0) is 54.8 Å². The fourth-order valence-electron chi connectivity index (χ4n) is 4.20. The van der Waals surface area contributed by atoms with E-state index in [0.29, 0.717) is 39.5 Å². The molecule has 1 amide bonds. The fourth-order valence-corrected chi connectivity index (χ4v) is 4.20. The summed E-state index contributed by atoms with van der Waals surface area (Å²) in [6.45, 7) is 0.274. The monoisotopic (exact) mass is 528 g/mol. The fraction of sp³-hybridized carbons (Fsp3) is 0.172. The van der Waals surface area contributed by atoms with Crippen molar-refractivity contribution in [2.24, 2.45) is 0 Å². The minimum atomic E-state index is -4.39. The van der Waals surface area contributed by atoms with Crippen LogP contribution in [0.3, 0.4) is 0 Å². The van der Waals surface area contributed by atoms with Gasteiger partial charge in [0, 0.05) is 22.9 Å². The quantitative estimate of drug-likeness (QED) is 0.263. The van der Waals surface area contributed by atoms with Crippen LogP contribution in [0.15, 0.2) is 85.2 Å². The Labute approximate surface area is 221 Å². The Balaban J connectivity index is 1.36. The molecule has 1 aliphatic rings. The molecule has 6 rings (SSSR count). The highest BCUT2D eigenvalue weighted by Gasteiger charge is 2.30. The van der Waals surface area contributed by atoms with Gasteiger partial charge in [0.2, 0.25) is 0 Å². The predicted octanol–water partition coefficient (Wildman–Crippen LogP) is 6.20. The normalized spacial score (nSPS) is 13.4. The third-order valence-electron chi connectivity index (χ3n) is 6.45. The number of anilines is 2. The molecule has 0 bridgehead atoms. The van der Waals surface area contributed by atoms with Gasteiger partial charge in [0.1, 0.15) is 0 Å². The van der Waals surface area contributed by atoms with Gasteiger partial charge in [0.25, 0.3) is 5.91 Å². The van der Waals surface area contributed by atoms with E-state index < -0.39 is 11.7 Å². The molecule has 10 heteroatoms. The standard InChI is InChI=1S/C29H23F3N6O/c30-29(31,32)21-12-6-18(7-13-21)16-38-17-33-24-26(34-22-4-2-1-3-5-22)36-25(37-27(24)38)19-8-10-20(11-9-19)28(39)35-23-14-15-23/h1-13,17,23H,14-16H2,(H,35,39)(H,34,36,37). The Morgan fingerprint density at radius 1 is 0.923 bits per heavy atom. The number of amides is 1. The van der Waals surface area contributed by atoms with E-state index in [1.807, 2.05) is 30.3 Å². The second kappa shape index (κ2) is 9.86. The summed E-state index contributed by atoms with van der Waals surface area (Å²) in [5.74, 6) is 0.800. The second-order valence-electron chi connectivity index (χ2n) is 9.45. The van der Waals surface area contributed by atoms with Gasteiger partial charge in [0.15, 0.2) is 22.8 Å². The summed E-state index contributed by atoms with van der Waals surface area (Å²) in [7, 11) is 0. The molecule has 1 saturated carbocycles. The van der Waals surface area contributed by atoms with Crippen LogP contribution in [0.25, 0.3) is 22.6 Å². The Hall–Kier alpha value is -4.73. The molecule has 196 valence electrons. The van der Waals surface area contributed by atoms with Crippen molar-refractivity contribution in [3.05, 3.63) is 102 Å². The van der Waals surface area contributed by atoms with Crippen molar-refractivity contribution in [3.63, 3.8) is 0 Å². The Kier molecular flexibility index (Phi) is 6.22. The van der Waals surface area contributed by atoms with Gasteiger partial charge in [-0.3, -0.25) is 4.79 Å². The van der Waals surface area contributed by atoms with Crippen molar-refractivity contribution in [3.8, 4) is 11.4 Å². The third kappa shape index (κ3) is 5.45. The minimum absolute atomic E-state index is 0.110. The predicted molar refractivity (Wildman–Crippen MR) is 142 cm³/mol. The number of fused-ring (bicyclic) bond motifs is 1. The molecule has 0 spiro atoms. The average molecular weight is 529 g/mol. The van der Waals surface area contributed by atoms with Gasteiger partial charge >= 0.3 is 6.18 Å². The topological polar surface area (TPSA) is 84.7 Å². The lowest BCUT2D eigenvalue weighted by atomic mass is 10.1. The second-order valence-corrected chi connectivity index (χ2v) is 9.45. The summed E-state index contributed by atoms with van der Waals surface area (Å²) in [5, 5.41) is 6.28. The molecular formula is C29H23F3N6O. The molecular weight excluding hydrogens is 505 g/mol. The van der Waals surface area contributed by atoms with Crippen LogP contribution in [-0.2, 0) is 12.7 Å². The van der Waals surface area contributed by atoms with E-state index in [1.165, 1.54) is 12.1 Å². The SMILES string of the molecule is O=C(NC1CC1)c1ccc(-c2nc(Nc3ccccc3)c3ncn(Cc4ccc(C(F)(F)F)cc4)c3n2)cc1. The maximum atomic E-state index is 13.0. The Bertz CT molecular complexity index is 1630. The number of imidazole rings is 1. The van der Waals surface area contributed by atoms with Crippen LogP contribution < -0.4 is 10.6 Å². The van der Waals surface area contributed by atoms with Crippen LogP contribution in [0, 0.1) is 0 Å². The van der Waals surface area contributed by atoms with Gasteiger partial charge in [0.05, 0.1) is 18.4 Å². The molecule has 2 aromatic heterocycles. The number of alkyl halides is 3. The zero-order valence-electron chi connectivity index (χ0n) is 20.6. The number of nitrogens with zero attached hydrogens (tertiary/aromatic N) is 4. The van der Waals surface area contributed by atoms with E-state index in [2.05, 4.69) is 15.6 Å². The summed E-state index contributed by atoms with van der Waals surface area (Å²) in [4.78, 5) is 26.4. The first-order chi connectivity index (χ1) is 18.8. The molecule has 0 aliphatic heterocycles. The lowest BCUT2D eigenvalue weighted by molar-refractivity contribution is -0.137. The molecule has 0 atom stereocenters. The number of benzene rings is 3. The van der Waals surface area contributed by atoms with Crippen molar-refractivity contribution in [2.75, 3.05) is 5.32 Å². The Morgan fingerprint density at radius 2 is 1.64 bits per heavy atom.